The summed E-state index contributed by atoms with van der Waals surface area (Å²) < 4.78 is 5.63. The van der Waals surface area contributed by atoms with Crippen molar-refractivity contribution in [3.05, 3.63) is 90.0 Å². The van der Waals surface area contributed by atoms with Crippen molar-refractivity contribution in [1.82, 2.24) is 25.9 Å². The van der Waals surface area contributed by atoms with E-state index in [1.165, 1.54) is 32.2 Å². The number of benzene rings is 1. The summed E-state index contributed by atoms with van der Waals surface area (Å²) in [5.74, 6) is -4.62. The van der Waals surface area contributed by atoms with Gasteiger partial charge in [-0.15, -0.1) is 0 Å². The quantitative estimate of drug-likeness (QED) is 0.264. The summed E-state index contributed by atoms with van der Waals surface area (Å²) in [6, 6.07) is 11.7. The highest BCUT2D eigenvalue weighted by atomic mass is 16.5. The van der Waals surface area contributed by atoms with Gasteiger partial charge in [0.05, 0.1) is 24.1 Å². The second kappa shape index (κ2) is 13.7. The van der Waals surface area contributed by atoms with Crippen LogP contribution in [0.5, 0.6) is 5.75 Å². The summed E-state index contributed by atoms with van der Waals surface area (Å²) in [5, 5.41) is 29.4. The third-order valence-electron chi connectivity index (χ3n) is 7.06. The van der Waals surface area contributed by atoms with E-state index in [-0.39, 0.29) is 18.5 Å². The molecule has 5 N–H and O–H groups in total. The number of aliphatic hydroxyl groups is 1. The summed E-state index contributed by atoms with van der Waals surface area (Å²) in [6.45, 7) is 2.95. The summed E-state index contributed by atoms with van der Waals surface area (Å²) in [6.07, 6.45) is 1.90. The van der Waals surface area contributed by atoms with Crippen molar-refractivity contribution in [3.8, 4) is 5.75 Å². The maximum Gasteiger partial charge on any atom is 0.312 e. The molecule has 12 heteroatoms. The zero-order valence-corrected chi connectivity index (χ0v) is 23.1. The monoisotopic (exact) mass is 575 g/mol. The van der Waals surface area contributed by atoms with E-state index >= 15 is 0 Å². The Morgan fingerprint density at radius 2 is 1.64 bits per heavy atom. The van der Waals surface area contributed by atoms with Gasteiger partial charge in [0.15, 0.2) is 11.8 Å². The van der Waals surface area contributed by atoms with Gasteiger partial charge in [0.1, 0.15) is 11.8 Å². The van der Waals surface area contributed by atoms with Crippen molar-refractivity contribution in [2.45, 2.75) is 57.0 Å². The van der Waals surface area contributed by atoms with Crippen molar-refractivity contribution in [2.75, 3.05) is 0 Å². The standard InChI is InChI=1S/C30H33N5O7/c1-17-26(37)21(14-20-10-6-12-31-16-20)34-28(39)24(35-29(40)25-22(36)11-7-13-32-25)18(2)33-27(38)23(42-30(17)41)15-19-8-4-3-5-9-19/h3-13,16-18,21,23-24,26,36-37H,14-15H2,1-2H3,(H,33,38)(H,34,39)(H,35,40)/t17-,18-,21+,23?,24+,26+/m1/s1. The zero-order valence-electron chi connectivity index (χ0n) is 23.1. The minimum Gasteiger partial charge on any atom is -0.505 e. The molecular weight excluding hydrogens is 542 g/mol. The molecule has 12 nitrogen and oxygen atoms in total. The molecule has 2 aromatic heterocycles. The molecule has 4 rings (SSSR count). The van der Waals surface area contributed by atoms with Crippen molar-refractivity contribution in [1.29, 1.82) is 0 Å². The third-order valence-corrected chi connectivity index (χ3v) is 7.06. The van der Waals surface area contributed by atoms with Crippen molar-refractivity contribution >= 4 is 23.7 Å². The normalized spacial score (nSPS) is 25.2. The van der Waals surface area contributed by atoms with Gasteiger partial charge in [-0.25, -0.2) is 4.98 Å². The second-order valence-corrected chi connectivity index (χ2v) is 10.2. The molecule has 1 saturated heterocycles. The molecule has 6 atom stereocenters. The fourth-order valence-electron chi connectivity index (χ4n) is 4.65. The molecule has 0 saturated carbocycles. The first-order chi connectivity index (χ1) is 20.1. The fourth-order valence-corrected chi connectivity index (χ4v) is 4.65. The molecule has 1 aliphatic rings. The van der Waals surface area contributed by atoms with Crippen LogP contribution in [-0.4, -0.2) is 74.2 Å². The predicted molar refractivity (Wildman–Crippen MR) is 150 cm³/mol. The topological polar surface area (TPSA) is 180 Å². The van der Waals surface area contributed by atoms with Crippen LogP contribution in [0.2, 0.25) is 0 Å². The van der Waals surface area contributed by atoms with Gasteiger partial charge in [0, 0.05) is 25.0 Å². The lowest BCUT2D eigenvalue weighted by atomic mass is 9.92. The number of carbonyl (C=O) groups excluding carboxylic acids is 4. The maximum atomic E-state index is 13.7. The summed E-state index contributed by atoms with van der Waals surface area (Å²) in [5.41, 5.74) is 1.09. The van der Waals surface area contributed by atoms with Crippen LogP contribution in [0, 0.1) is 5.92 Å². The van der Waals surface area contributed by atoms with E-state index in [1.807, 2.05) is 6.07 Å². The number of pyridine rings is 2. The van der Waals surface area contributed by atoms with E-state index < -0.39 is 65.7 Å². The molecule has 1 aliphatic heterocycles. The number of nitrogens with one attached hydrogen (secondary N) is 3. The zero-order chi connectivity index (χ0) is 30.2. The van der Waals surface area contributed by atoms with Crippen LogP contribution in [0.3, 0.4) is 0 Å². The Balaban J connectivity index is 1.69. The van der Waals surface area contributed by atoms with Gasteiger partial charge in [-0.2, -0.15) is 0 Å². The Morgan fingerprint density at radius 3 is 2.33 bits per heavy atom. The number of aromatic nitrogens is 2. The first-order valence-corrected chi connectivity index (χ1v) is 13.5. The summed E-state index contributed by atoms with van der Waals surface area (Å²) in [7, 11) is 0. The Hall–Kier alpha value is -4.84. The van der Waals surface area contributed by atoms with Crippen molar-refractivity contribution in [2.24, 2.45) is 5.92 Å². The van der Waals surface area contributed by atoms with Crippen LogP contribution in [0.1, 0.15) is 35.5 Å². The third kappa shape index (κ3) is 7.46. The number of esters is 1. The number of hydrogen-bond acceptors (Lipinski definition) is 9. The summed E-state index contributed by atoms with van der Waals surface area (Å²) in [4.78, 5) is 61.3. The molecule has 0 spiro atoms. The highest BCUT2D eigenvalue weighted by Gasteiger charge is 2.39. The molecule has 1 fully saturated rings. The lowest BCUT2D eigenvalue weighted by molar-refractivity contribution is -0.164. The number of rotatable bonds is 6. The molecule has 3 aromatic rings. The van der Waals surface area contributed by atoms with Gasteiger partial charge in [-0.1, -0.05) is 36.4 Å². The first-order valence-electron chi connectivity index (χ1n) is 13.5. The number of cyclic esters (lactones) is 1. The Morgan fingerprint density at radius 1 is 0.929 bits per heavy atom. The SMILES string of the molecule is C[C@H]1NC(=O)C(Cc2ccccc2)OC(=O)[C@H](C)[C@H](O)[C@H](Cc2cccnc2)NC(=O)[C@H]1NC(=O)c1ncccc1O. The highest BCUT2D eigenvalue weighted by molar-refractivity contribution is 5.98. The molecule has 0 aliphatic carbocycles. The number of aromatic hydroxyl groups is 1. The minimum atomic E-state index is -1.42. The van der Waals surface area contributed by atoms with E-state index in [9.17, 15) is 29.4 Å². The predicted octanol–water partition coefficient (Wildman–Crippen LogP) is 0.678. The van der Waals surface area contributed by atoms with E-state index in [0.717, 1.165) is 5.56 Å². The largest absolute Gasteiger partial charge is 0.505 e. The molecule has 1 aromatic carbocycles. The Kier molecular flexibility index (Phi) is 9.81. The second-order valence-electron chi connectivity index (χ2n) is 10.2. The smallest absolute Gasteiger partial charge is 0.312 e. The summed E-state index contributed by atoms with van der Waals surface area (Å²) >= 11 is 0. The van der Waals surface area contributed by atoms with E-state index in [1.54, 1.807) is 48.8 Å². The van der Waals surface area contributed by atoms with Gasteiger partial charge in [-0.05, 0) is 49.6 Å². The van der Waals surface area contributed by atoms with Gasteiger partial charge in [0.25, 0.3) is 11.8 Å². The lowest BCUT2D eigenvalue weighted by Crippen LogP contribution is -2.62. The number of carbonyl (C=O) groups is 4. The van der Waals surface area contributed by atoms with Crippen LogP contribution in [0.25, 0.3) is 0 Å². The Bertz CT molecular complexity index is 1410. The molecular formula is C30H33N5O7. The van der Waals surface area contributed by atoms with Gasteiger partial charge in [0.2, 0.25) is 5.91 Å². The average Bonchev–Trinajstić information content (AvgIpc) is 2.99. The van der Waals surface area contributed by atoms with Crippen LogP contribution < -0.4 is 16.0 Å². The van der Waals surface area contributed by atoms with Crippen LogP contribution in [0.4, 0.5) is 0 Å². The minimum absolute atomic E-state index is 0.0398. The Labute approximate surface area is 242 Å². The highest BCUT2D eigenvalue weighted by Crippen LogP contribution is 2.19. The first kappa shape index (κ1) is 30.1. The molecule has 42 heavy (non-hydrogen) atoms. The number of hydrogen-bond donors (Lipinski definition) is 5. The molecule has 0 bridgehead atoms. The molecule has 3 amide bonds. The number of amides is 3. The van der Waals surface area contributed by atoms with Crippen LogP contribution >= 0.6 is 0 Å². The van der Waals surface area contributed by atoms with E-state index in [2.05, 4.69) is 25.9 Å². The van der Waals surface area contributed by atoms with Gasteiger partial charge >= 0.3 is 5.97 Å². The van der Waals surface area contributed by atoms with Crippen molar-refractivity contribution in [3.63, 3.8) is 0 Å². The van der Waals surface area contributed by atoms with Crippen molar-refractivity contribution < 1.29 is 34.1 Å². The molecule has 3 heterocycles. The van der Waals surface area contributed by atoms with E-state index in [4.69, 9.17) is 4.74 Å². The molecule has 220 valence electrons. The number of nitrogens with zero attached hydrogens (tertiary/aromatic N) is 2. The fraction of sp³-hybridized carbons (Fsp3) is 0.333. The molecule has 1 unspecified atom stereocenters. The lowest BCUT2D eigenvalue weighted by Gasteiger charge is -2.33. The van der Waals surface area contributed by atoms with Gasteiger partial charge < -0.3 is 30.9 Å². The number of aliphatic hydroxyl groups excluding tert-OH is 1. The molecule has 0 radical (unpaired) electrons. The van der Waals surface area contributed by atoms with Gasteiger partial charge in [-0.3, -0.25) is 24.2 Å². The van der Waals surface area contributed by atoms with Crippen LogP contribution in [0.15, 0.2) is 73.2 Å². The average molecular weight is 576 g/mol. The van der Waals surface area contributed by atoms with E-state index in [0.29, 0.717) is 5.56 Å². The maximum absolute atomic E-state index is 13.7. The van der Waals surface area contributed by atoms with Crippen LogP contribution in [-0.2, 0) is 32.0 Å². The number of ether oxygens (including phenoxy) is 1.